The molecule has 0 heterocycles. The highest BCUT2D eigenvalue weighted by molar-refractivity contribution is 5.97. The molecule has 5 heteroatoms. The summed E-state index contributed by atoms with van der Waals surface area (Å²) >= 11 is 0. The van der Waals surface area contributed by atoms with Crippen LogP contribution in [0, 0.1) is 0 Å². The summed E-state index contributed by atoms with van der Waals surface area (Å²) < 4.78 is 20.9. The molecule has 0 fully saturated rings. The van der Waals surface area contributed by atoms with Crippen LogP contribution >= 0.6 is 0 Å². The minimum atomic E-state index is -1.64. The van der Waals surface area contributed by atoms with Crippen LogP contribution in [0.15, 0.2) is 24.3 Å². The maximum absolute atomic E-state index is 12.0. The second kappa shape index (κ2) is 4.88. The maximum Gasteiger partial charge on any atom is 0.292 e. The first-order valence-electron chi connectivity index (χ1n) is 4.73. The SMILES string of the molecule is COC1(OC)C=CC=CC(=O)C1(OC)OC. The fourth-order valence-corrected chi connectivity index (χ4v) is 1.77. The summed E-state index contributed by atoms with van der Waals surface area (Å²) in [5.74, 6) is -3.43. The lowest BCUT2D eigenvalue weighted by Gasteiger charge is -2.41. The van der Waals surface area contributed by atoms with Crippen molar-refractivity contribution in [3.05, 3.63) is 24.3 Å². The Morgan fingerprint density at radius 2 is 1.50 bits per heavy atom. The summed E-state index contributed by atoms with van der Waals surface area (Å²) in [5.41, 5.74) is 0. The zero-order valence-electron chi connectivity index (χ0n) is 9.85. The van der Waals surface area contributed by atoms with Crippen LogP contribution in [0.4, 0.5) is 0 Å². The van der Waals surface area contributed by atoms with E-state index in [0.29, 0.717) is 0 Å². The molecule has 0 aromatic carbocycles. The standard InChI is InChI=1S/C11H16O5/c1-13-10(14-2)8-6-5-7-9(12)11(10,15-3)16-4/h5-8H,1-4H3. The molecule has 1 rings (SSSR count). The van der Waals surface area contributed by atoms with Gasteiger partial charge >= 0.3 is 0 Å². The van der Waals surface area contributed by atoms with Gasteiger partial charge < -0.3 is 18.9 Å². The molecular formula is C11H16O5. The van der Waals surface area contributed by atoms with Gasteiger partial charge in [0.05, 0.1) is 0 Å². The number of ketones is 1. The molecule has 0 aromatic heterocycles. The molecule has 0 radical (unpaired) electrons. The Labute approximate surface area is 94.6 Å². The van der Waals surface area contributed by atoms with Crippen LogP contribution in [0.3, 0.4) is 0 Å². The molecule has 0 aromatic rings. The first-order valence-corrected chi connectivity index (χ1v) is 4.73. The number of hydrogen-bond acceptors (Lipinski definition) is 5. The smallest absolute Gasteiger partial charge is 0.292 e. The highest BCUT2D eigenvalue weighted by Crippen LogP contribution is 2.35. The van der Waals surface area contributed by atoms with Gasteiger partial charge in [0, 0.05) is 28.4 Å². The van der Waals surface area contributed by atoms with Gasteiger partial charge in [0.25, 0.3) is 11.6 Å². The van der Waals surface area contributed by atoms with Crippen molar-refractivity contribution in [3.8, 4) is 0 Å². The van der Waals surface area contributed by atoms with Crippen molar-refractivity contribution >= 4 is 5.78 Å². The highest BCUT2D eigenvalue weighted by atomic mass is 16.8. The van der Waals surface area contributed by atoms with E-state index in [-0.39, 0.29) is 5.78 Å². The zero-order valence-corrected chi connectivity index (χ0v) is 9.85. The molecule has 0 spiro atoms. The first-order chi connectivity index (χ1) is 7.62. The third kappa shape index (κ3) is 1.62. The van der Waals surface area contributed by atoms with Crippen molar-refractivity contribution in [3.63, 3.8) is 0 Å². The summed E-state index contributed by atoms with van der Waals surface area (Å²) in [6.07, 6.45) is 6.14. The molecule has 1 aliphatic carbocycles. The van der Waals surface area contributed by atoms with Crippen LogP contribution in [0.25, 0.3) is 0 Å². The van der Waals surface area contributed by atoms with Gasteiger partial charge in [-0.3, -0.25) is 4.79 Å². The number of ether oxygens (including phenoxy) is 4. The van der Waals surface area contributed by atoms with Crippen molar-refractivity contribution in [1.29, 1.82) is 0 Å². The molecule has 0 saturated carbocycles. The predicted octanol–water partition coefficient (Wildman–Crippen LogP) is 0.660. The van der Waals surface area contributed by atoms with E-state index in [1.165, 1.54) is 34.5 Å². The highest BCUT2D eigenvalue weighted by Gasteiger charge is 2.58. The molecule has 0 aliphatic heterocycles. The van der Waals surface area contributed by atoms with E-state index in [9.17, 15) is 4.79 Å². The maximum atomic E-state index is 12.0. The fraction of sp³-hybridized carbons (Fsp3) is 0.545. The topological polar surface area (TPSA) is 54.0 Å². The molecule has 0 atom stereocenters. The Balaban J connectivity index is 3.36. The van der Waals surface area contributed by atoms with E-state index in [0.717, 1.165) is 0 Å². The Hall–Kier alpha value is -1.01. The lowest BCUT2D eigenvalue weighted by Crippen LogP contribution is -2.62. The average Bonchev–Trinajstić information content (AvgIpc) is 2.46. The van der Waals surface area contributed by atoms with Crippen molar-refractivity contribution < 1.29 is 23.7 Å². The van der Waals surface area contributed by atoms with Gasteiger partial charge in [-0.1, -0.05) is 12.2 Å². The van der Waals surface area contributed by atoms with Crippen molar-refractivity contribution in [2.45, 2.75) is 11.6 Å². The summed E-state index contributed by atoms with van der Waals surface area (Å²) in [6.45, 7) is 0. The van der Waals surface area contributed by atoms with Crippen molar-refractivity contribution in [2.75, 3.05) is 28.4 Å². The van der Waals surface area contributed by atoms with E-state index in [4.69, 9.17) is 18.9 Å². The Morgan fingerprint density at radius 3 is 1.94 bits per heavy atom. The van der Waals surface area contributed by atoms with Crippen LogP contribution in [0.2, 0.25) is 0 Å². The van der Waals surface area contributed by atoms with Gasteiger partial charge in [0.2, 0.25) is 5.78 Å². The van der Waals surface area contributed by atoms with Crippen molar-refractivity contribution in [1.82, 2.24) is 0 Å². The van der Waals surface area contributed by atoms with E-state index in [2.05, 4.69) is 0 Å². The normalized spacial score (nSPS) is 22.1. The molecule has 0 saturated heterocycles. The molecule has 0 unspecified atom stereocenters. The molecular weight excluding hydrogens is 212 g/mol. The molecule has 0 amide bonds. The predicted molar refractivity (Wildman–Crippen MR) is 56.8 cm³/mol. The summed E-state index contributed by atoms with van der Waals surface area (Å²) in [6, 6.07) is 0. The minimum Gasteiger partial charge on any atom is -0.345 e. The third-order valence-electron chi connectivity index (χ3n) is 2.64. The monoisotopic (exact) mass is 228 g/mol. The minimum absolute atomic E-state index is 0.383. The van der Waals surface area contributed by atoms with Gasteiger partial charge in [-0.2, -0.15) is 0 Å². The van der Waals surface area contributed by atoms with E-state index >= 15 is 0 Å². The van der Waals surface area contributed by atoms with Gasteiger partial charge in [-0.25, -0.2) is 0 Å². The number of methoxy groups -OCH3 is 4. The number of hydrogen-bond donors (Lipinski definition) is 0. The van der Waals surface area contributed by atoms with Crippen LogP contribution in [0.1, 0.15) is 0 Å². The first kappa shape index (κ1) is 13.1. The molecule has 1 aliphatic rings. The largest absolute Gasteiger partial charge is 0.345 e. The van der Waals surface area contributed by atoms with Gasteiger partial charge in [-0.15, -0.1) is 0 Å². The van der Waals surface area contributed by atoms with Gasteiger partial charge in [0.15, 0.2) is 0 Å². The van der Waals surface area contributed by atoms with Crippen LogP contribution in [0.5, 0.6) is 0 Å². The van der Waals surface area contributed by atoms with Gasteiger partial charge in [0.1, 0.15) is 0 Å². The second-order valence-electron chi connectivity index (χ2n) is 3.18. The van der Waals surface area contributed by atoms with E-state index in [1.807, 2.05) is 0 Å². The zero-order chi connectivity index (χ0) is 12.2. The molecule has 16 heavy (non-hydrogen) atoms. The molecule has 0 N–H and O–H groups in total. The third-order valence-corrected chi connectivity index (χ3v) is 2.64. The number of rotatable bonds is 4. The van der Waals surface area contributed by atoms with Crippen LogP contribution < -0.4 is 0 Å². The number of carbonyl (C=O) groups is 1. The Bertz CT molecular complexity index is 310. The fourth-order valence-electron chi connectivity index (χ4n) is 1.77. The van der Waals surface area contributed by atoms with Crippen molar-refractivity contribution in [2.24, 2.45) is 0 Å². The Kier molecular flexibility index (Phi) is 3.98. The quantitative estimate of drug-likeness (QED) is 0.662. The Morgan fingerprint density at radius 1 is 0.938 bits per heavy atom. The molecule has 5 nitrogen and oxygen atoms in total. The second-order valence-corrected chi connectivity index (χ2v) is 3.18. The van der Waals surface area contributed by atoms with Gasteiger partial charge in [-0.05, 0) is 12.2 Å². The molecule has 90 valence electrons. The number of allylic oxidation sites excluding steroid dienone is 2. The van der Waals surface area contributed by atoms with E-state index in [1.54, 1.807) is 18.2 Å². The van der Waals surface area contributed by atoms with E-state index < -0.39 is 11.6 Å². The number of carbonyl (C=O) groups excluding carboxylic acids is 1. The van der Waals surface area contributed by atoms with Crippen LogP contribution in [-0.2, 0) is 23.7 Å². The lowest BCUT2D eigenvalue weighted by atomic mass is 10.0. The summed E-state index contributed by atoms with van der Waals surface area (Å²) in [5, 5.41) is 0. The van der Waals surface area contributed by atoms with Crippen LogP contribution in [-0.4, -0.2) is 45.8 Å². The lowest BCUT2D eigenvalue weighted by molar-refractivity contribution is -0.344. The molecule has 0 bridgehead atoms. The summed E-state index contributed by atoms with van der Waals surface area (Å²) in [4.78, 5) is 12.0. The summed E-state index contributed by atoms with van der Waals surface area (Å²) in [7, 11) is 5.56. The average molecular weight is 228 g/mol.